The Balaban J connectivity index is 0.000000122. The standard InChI is InChI=1S/C16H10.C15H10O/c1-3-11-7-9-13-5-2-6-14-10-8-12(4-1)15(11)16(13)14;16-10-12-5-3-7-15-13-6-2-1-4-11(13)8-9-14(12)15/h2*1-10H. The highest BCUT2D eigenvalue weighted by atomic mass is 16.1. The molecule has 0 heterocycles. The normalized spacial score (nSPS) is 11.2. The van der Waals surface area contributed by atoms with Gasteiger partial charge in [-0.2, -0.15) is 0 Å². The molecule has 7 aromatic carbocycles. The van der Waals surface area contributed by atoms with E-state index in [2.05, 4.69) is 84.9 Å². The highest BCUT2D eigenvalue weighted by Gasteiger charge is 2.06. The van der Waals surface area contributed by atoms with E-state index < -0.39 is 0 Å². The van der Waals surface area contributed by atoms with Gasteiger partial charge in [-0.3, -0.25) is 4.79 Å². The van der Waals surface area contributed by atoms with E-state index in [9.17, 15) is 4.79 Å². The third-order valence-corrected chi connectivity index (χ3v) is 6.34. The number of rotatable bonds is 1. The minimum atomic E-state index is 0.753. The molecule has 0 aliphatic heterocycles. The maximum Gasteiger partial charge on any atom is 0.150 e. The van der Waals surface area contributed by atoms with Gasteiger partial charge in [0.15, 0.2) is 6.29 Å². The molecule has 0 N–H and O–H groups in total. The summed E-state index contributed by atoms with van der Waals surface area (Å²) in [6.07, 6.45) is 0.914. The van der Waals surface area contributed by atoms with E-state index in [0.717, 1.165) is 22.6 Å². The second kappa shape index (κ2) is 7.47. The van der Waals surface area contributed by atoms with Crippen LogP contribution >= 0.6 is 0 Å². The van der Waals surface area contributed by atoms with Crippen LogP contribution in [0.5, 0.6) is 0 Å². The molecule has 0 bridgehead atoms. The van der Waals surface area contributed by atoms with Crippen molar-refractivity contribution in [3.8, 4) is 0 Å². The van der Waals surface area contributed by atoms with Gasteiger partial charge in [0.05, 0.1) is 0 Å². The largest absolute Gasteiger partial charge is 0.298 e. The second-order valence-electron chi connectivity index (χ2n) is 8.14. The van der Waals surface area contributed by atoms with Crippen molar-refractivity contribution in [3.05, 3.63) is 121 Å². The summed E-state index contributed by atoms with van der Waals surface area (Å²) in [7, 11) is 0. The first-order valence-corrected chi connectivity index (χ1v) is 10.8. The molecular formula is C31H20O. The maximum atomic E-state index is 11.0. The summed E-state index contributed by atoms with van der Waals surface area (Å²) in [6, 6.07) is 40.0. The number of hydrogen-bond acceptors (Lipinski definition) is 1. The Bertz CT molecular complexity index is 1610. The first-order chi connectivity index (χ1) is 15.8. The number of fused-ring (bicyclic) bond motifs is 3. The van der Waals surface area contributed by atoms with Crippen molar-refractivity contribution in [2.24, 2.45) is 0 Å². The Hall–Kier alpha value is -4.23. The first kappa shape index (κ1) is 18.5. The summed E-state index contributed by atoms with van der Waals surface area (Å²) in [5, 5.41) is 12.7. The van der Waals surface area contributed by atoms with Crippen LogP contribution in [0.3, 0.4) is 0 Å². The van der Waals surface area contributed by atoms with Gasteiger partial charge in [-0.1, -0.05) is 115 Å². The predicted octanol–water partition coefficient (Wildman–Crippen LogP) is 8.39. The Labute approximate surface area is 185 Å². The zero-order valence-corrected chi connectivity index (χ0v) is 17.5. The van der Waals surface area contributed by atoms with Crippen molar-refractivity contribution in [1.82, 2.24) is 0 Å². The van der Waals surface area contributed by atoms with Crippen molar-refractivity contribution in [2.45, 2.75) is 0 Å². The van der Waals surface area contributed by atoms with Gasteiger partial charge in [0, 0.05) is 5.56 Å². The molecule has 0 saturated heterocycles. The topological polar surface area (TPSA) is 17.1 Å². The van der Waals surface area contributed by atoms with E-state index in [1.54, 1.807) is 0 Å². The molecule has 0 aliphatic rings. The molecule has 0 spiro atoms. The fourth-order valence-corrected chi connectivity index (χ4v) is 4.84. The van der Waals surface area contributed by atoms with Gasteiger partial charge in [0.2, 0.25) is 0 Å². The third-order valence-electron chi connectivity index (χ3n) is 6.34. The van der Waals surface area contributed by atoms with Crippen LogP contribution in [0.4, 0.5) is 0 Å². The summed E-state index contributed by atoms with van der Waals surface area (Å²) in [5.74, 6) is 0. The van der Waals surface area contributed by atoms with Crippen LogP contribution in [0, 0.1) is 0 Å². The Morgan fingerprint density at radius 3 is 1.44 bits per heavy atom. The zero-order chi connectivity index (χ0) is 21.5. The summed E-state index contributed by atoms with van der Waals surface area (Å²) in [6.45, 7) is 0. The molecule has 0 aromatic heterocycles. The van der Waals surface area contributed by atoms with Gasteiger partial charge < -0.3 is 0 Å². The Kier molecular flexibility index (Phi) is 4.33. The number of aldehydes is 1. The van der Waals surface area contributed by atoms with Gasteiger partial charge >= 0.3 is 0 Å². The number of hydrogen-bond donors (Lipinski definition) is 0. The molecule has 0 radical (unpaired) electrons. The molecule has 1 nitrogen and oxygen atoms in total. The molecule has 0 fully saturated rings. The SMILES string of the molecule is O=Cc1cccc2c1ccc1ccccc12.c1cc2ccc3cccc4ccc(c1)c2c34. The minimum absolute atomic E-state index is 0.753. The monoisotopic (exact) mass is 408 g/mol. The van der Waals surface area contributed by atoms with E-state index in [1.807, 2.05) is 30.3 Å². The van der Waals surface area contributed by atoms with Gasteiger partial charge in [0.1, 0.15) is 0 Å². The van der Waals surface area contributed by atoms with Crippen molar-refractivity contribution in [3.63, 3.8) is 0 Å². The number of carbonyl (C=O) groups is 1. The molecule has 0 atom stereocenters. The highest BCUT2D eigenvalue weighted by Crippen LogP contribution is 2.34. The third kappa shape index (κ3) is 2.91. The smallest absolute Gasteiger partial charge is 0.150 e. The zero-order valence-electron chi connectivity index (χ0n) is 17.5. The summed E-state index contributed by atoms with van der Waals surface area (Å²) in [5.41, 5.74) is 0.753. The van der Waals surface area contributed by atoms with Crippen molar-refractivity contribution < 1.29 is 4.79 Å². The summed E-state index contributed by atoms with van der Waals surface area (Å²) < 4.78 is 0. The lowest BCUT2D eigenvalue weighted by atomic mass is 9.95. The average Bonchev–Trinajstić information content (AvgIpc) is 2.87. The Morgan fingerprint density at radius 2 is 0.844 bits per heavy atom. The molecule has 7 aromatic rings. The lowest BCUT2D eigenvalue weighted by molar-refractivity contribution is 0.112. The van der Waals surface area contributed by atoms with Gasteiger partial charge in [0.25, 0.3) is 0 Å². The molecule has 1 heteroatoms. The van der Waals surface area contributed by atoms with E-state index in [0.29, 0.717) is 0 Å². The van der Waals surface area contributed by atoms with Crippen LogP contribution in [-0.2, 0) is 0 Å². The molecule has 0 amide bonds. The van der Waals surface area contributed by atoms with E-state index in [1.165, 1.54) is 43.1 Å². The lowest BCUT2D eigenvalue weighted by Crippen LogP contribution is -1.84. The Morgan fingerprint density at radius 1 is 0.375 bits per heavy atom. The van der Waals surface area contributed by atoms with E-state index in [4.69, 9.17) is 0 Å². The van der Waals surface area contributed by atoms with Crippen molar-refractivity contribution >= 4 is 60.1 Å². The second-order valence-corrected chi connectivity index (χ2v) is 8.14. The fourth-order valence-electron chi connectivity index (χ4n) is 4.84. The van der Waals surface area contributed by atoms with Crippen LogP contribution in [0.2, 0.25) is 0 Å². The van der Waals surface area contributed by atoms with Crippen LogP contribution in [-0.4, -0.2) is 6.29 Å². The van der Waals surface area contributed by atoms with Crippen LogP contribution < -0.4 is 0 Å². The fraction of sp³-hybridized carbons (Fsp3) is 0. The van der Waals surface area contributed by atoms with Gasteiger partial charge in [-0.15, -0.1) is 0 Å². The molecule has 150 valence electrons. The molecule has 0 aliphatic carbocycles. The van der Waals surface area contributed by atoms with Crippen LogP contribution in [0.1, 0.15) is 10.4 Å². The van der Waals surface area contributed by atoms with Crippen LogP contribution in [0.25, 0.3) is 53.9 Å². The van der Waals surface area contributed by atoms with Gasteiger partial charge in [-0.25, -0.2) is 0 Å². The minimum Gasteiger partial charge on any atom is -0.298 e. The molecule has 32 heavy (non-hydrogen) atoms. The molecule has 0 saturated carbocycles. The molecule has 7 rings (SSSR count). The molecular weight excluding hydrogens is 388 g/mol. The summed E-state index contributed by atoms with van der Waals surface area (Å²) in [4.78, 5) is 11.0. The van der Waals surface area contributed by atoms with Crippen molar-refractivity contribution in [1.29, 1.82) is 0 Å². The van der Waals surface area contributed by atoms with Crippen LogP contribution in [0.15, 0.2) is 115 Å². The quantitative estimate of drug-likeness (QED) is 0.197. The first-order valence-electron chi connectivity index (χ1n) is 10.8. The maximum absolute atomic E-state index is 11.0. The molecule has 0 unspecified atom stereocenters. The average molecular weight is 409 g/mol. The lowest BCUT2D eigenvalue weighted by Gasteiger charge is -2.09. The van der Waals surface area contributed by atoms with E-state index in [-0.39, 0.29) is 0 Å². The number of carbonyl (C=O) groups excluding carboxylic acids is 1. The number of benzene rings is 7. The highest BCUT2D eigenvalue weighted by molar-refractivity contribution is 6.22. The van der Waals surface area contributed by atoms with Crippen molar-refractivity contribution in [2.75, 3.05) is 0 Å². The van der Waals surface area contributed by atoms with E-state index >= 15 is 0 Å². The summed E-state index contributed by atoms with van der Waals surface area (Å²) >= 11 is 0. The van der Waals surface area contributed by atoms with Gasteiger partial charge in [-0.05, 0) is 53.9 Å². The predicted molar refractivity (Wildman–Crippen MR) is 137 cm³/mol.